The number of hydrogen-bond donors (Lipinski definition) is 2. The highest BCUT2D eigenvalue weighted by molar-refractivity contribution is 7.97. The quantitative estimate of drug-likeness (QED) is 0.833. The number of para-hydroxylation sites is 1. The van der Waals surface area contributed by atoms with Crippen LogP contribution in [0.3, 0.4) is 0 Å². The maximum Gasteiger partial charge on any atom is 0.0367 e. The number of rotatable bonds is 2. The summed E-state index contributed by atoms with van der Waals surface area (Å²) in [6.07, 6.45) is 0. The van der Waals surface area contributed by atoms with Crippen LogP contribution >= 0.6 is 11.9 Å². The van der Waals surface area contributed by atoms with Gasteiger partial charge in [0, 0.05) is 36.8 Å². The van der Waals surface area contributed by atoms with E-state index in [1.807, 2.05) is 30.3 Å². The summed E-state index contributed by atoms with van der Waals surface area (Å²) in [6, 6.07) is 20.5. The van der Waals surface area contributed by atoms with Crippen LogP contribution < -0.4 is 15.4 Å². The Morgan fingerprint density at radius 3 is 1.90 bits per heavy atom. The highest BCUT2D eigenvalue weighted by Gasteiger charge is 2.08. The van der Waals surface area contributed by atoms with Crippen molar-refractivity contribution >= 4 is 17.6 Å². The highest BCUT2D eigenvalue weighted by Crippen LogP contribution is 2.12. The molecule has 1 aliphatic heterocycles. The molecule has 4 heteroatoms. The van der Waals surface area contributed by atoms with Gasteiger partial charge in [-0.25, -0.2) is 0 Å². The Kier molecular flexibility index (Phi) is 6.44. The molecule has 0 spiro atoms. The fourth-order valence-corrected chi connectivity index (χ4v) is 2.38. The summed E-state index contributed by atoms with van der Waals surface area (Å²) in [5.41, 5.74) is 1.35. The topological polar surface area (TPSA) is 41.3 Å². The third-order valence-corrected chi connectivity index (χ3v) is 3.66. The van der Waals surface area contributed by atoms with Crippen molar-refractivity contribution in [3.63, 3.8) is 0 Å². The zero-order chi connectivity index (χ0) is 14.0. The maximum absolute atomic E-state index is 5.27. The Labute approximate surface area is 125 Å². The lowest BCUT2D eigenvalue weighted by molar-refractivity contribution is 0.589. The predicted molar refractivity (Wildman–Crippen MR) is 88.0 cm³/mol. The van der Waals surface area contributed by atoms with E-state index in [0.717, 1.165) is 31.1 Å². The van der Waals surface area contributed by atoms with Crippen molar-refractivity contribution in [1.82, 2.24) is 5.32 Å². The van der Waals surface area contributed by atoms with Crippen molar-refractivity contribution < 1.29 is 0 Å². The van der Waals surface area contributed by atoms with Gasteiger partial charge in [-0.3, -0.25) is 5.14 Å². The van der Waals surface area contributed by atoms with Gasteiger partial charge in [0.2, 0.25) is 0 Å². The summed E-state index contributed by atoms with van der Waals surface area (Å²) in [7, 11) is 0. The van der Waals surface area contributed by atoms with E-state index in [1.54, 1.807) is 0 Å². The molecule has 106 valence electrons. The minimum Gasteiger partial charge on any atom is -0.369 e. The first kappa shape index (κ1) is 14.9. The molecule has 2 aromatic rings. The minimum atomic E-state index is 1.10. The fraction of sp³-hybridized carbons (Fsp3) is 0.250. The Bertz CT molecular complexity index is 470. The van der Waals surface area contributed by atoms with Crippen molar-refractivity contribution in [2.75, 3.05) is 31.1 Å². The van der Waals surface area contributed by atoms with Crippen molar-refractivity contribution in [3.05, 3.63) is 60.7 Å². The molecule has 0 bridgehead atoms. The first-order chi connectivity index (χ1) is 9.90. The molecule has 1 fully saturated rings. The van der Waals surface area contributed by atoms with Gasteiger partial charge in [-0.1, -0.05) is 36.4 Å². The zero-order valence-electron chi connectivity index (χ0n) is 11.5. The van der Waals surface area contributed by atoms with E-state index in [-0.39, 0.29) is 0 Å². The summed E-state index contributed by atoms with van der Waals surface area (Å²) < 4.78 is 0. The van der Waals surface area contributed by atoms with Crippen LogP contribution in [0, 0.1) is 0 Å². The van der Waals surface area contributed by atoms with E-state index in [9.17, 15) is 0 Å². The van der Waals surface area contributed by atoms with Gasteiger partial charge < -0.3 is 10.2 Å². The molecule has 1 aliphatic rings. The Morgan fingerprint density at radius 2 is 1.40 bits per heavy atom. The third kappa shape index (κ3) is 4.89. The van der Waals surface area contributed by atoms with E-state index >= 15 is 0 Å². The van der Waals surface area contributed by atoms with Gasteiger partial charge in [0.25, 0.3) is 0 Å². The molecule has 1 saturated heterocycles. The average molecular weight is 287 g/mol. The molecule has 3 nitrogen and oxygen atoms in total. The largest absolute Gasteiger partial charge is 0.369 e. The van der Waals surface area contributed by atoms with Crippen molar-refractivity contribution in [2.24, 2.45) is 5.14 Å². The summed E-state index contributed by atoms with van der Waals surface area (Å²) in [4.78, 5) is 3.52. The van der Waals surface area contributed by atoms with Crippen LogP contribution in [0.1, 0.15) is 0 Å². The van der Waals surface area contributed by atoms with E-state index in [0.29, 0.717) is 0 Å². The molecule has 0 atom stereocenters. The molecule has 0 saturated carbocycles. The smallest absolute Gasteiger partial charge is 0.0367 e. The third-order valence-electron chi connectivity index (χ3n) is 3.12. The highest BCUT2D eigenvalue weighted by atomic mass is 32.2. The van der Waals surface area contributed by atoms with Crippen molar-refractivity contribution in [1.29, 1.82) is 0 Å². The van der Waals surface area contributed by atoms with Crippen LogP contribution in [-0.4, -0.2) is 26.2 Å². The number of piperazine rings is 1. The van der Waals surface area contributed by atoms with Crippen LogP contribution in [0.15, 0.2) is 65.6 Å². The van der Waals surface area contributed by atoms with E-state index < -0.39 is 0 Å². The molecule has 0 aromatic heterocycles. The number of anilines is 1. The monoisotopic (exact) mass is 287 g/mol. The number of benzene rings is 2. The molecule has 3 N–H and O–H groups in total. The van der Waals surface area contributed by atoms with Crippen LogP contribution in [-0.2, 0) is 0 Å². The normalized spacial score (nSPS) is 14.3. The zero-order valence-corrected chi connectivity index (χ0v) is 12.4. The van der Waals surface area contributed by atoms with Gasteiger partial charge in [0.05, 0.1) is 0 Å². The number of nitrogens with two attached hydrogens (primary N) is 1. The molecule has 0 aliphatic carbocycles. The van der Waals surface area contributed by atoms with Crippen LogP contribution in [0.2, 0.25) is 0 Å². The molecular formula is C16H21N3S. The van der Waals surface area contributed by atoms with Gasteiger partial charge in [-0.2, -0.15) is 0 Å². The predicted octanol–water partition coefficient (Wildman–Crippen LogP) is 2.75. The summed E-state index contributed by atoms with van der Waals surface area (Å²) in [5.74, 6) is 0. The molecule has 0 amide bonds. The van der Waals surface area contributed by atoms with Gasteiger partial charge in [-0.05, 0) is 36.2 Å². The number of nitrogens with zero attached hydrogens (tertiary/aromatic N) is 1. The lowest BCUT2D eigenvalue weighted by Crippen LogP contribution is -2.43. The van der Waals surface area contributed by atoms with Crippen molar-refractivity contribution in [3.8, 4) is 0 Å². The molecular weight excluding hydrogens is 266 g/mol. The van der Waals surface area contributed by atoms with E-state index in [2.05, 4.69) is 40.5 Å². The molecule has 2 aromatic carbocycles. The van der Waals surface area contributed by atoms with E-state index in [1.165, 1.54) is 17.6 Å². The first-order valence-electron chi connectivity index (χ1n) is 6.82. The number of hydrogen-bond acceptors (Lipinski definition) is 4. The van der Waals surface area contributed by atoms with E-state index in [4.69, 9.17) is 5.14 Å². The summed E-state index contributed by atoms with van der Waals surface area (Å²) in [6.45, 7) is 4.47. The second kappa shape index (κ2) is 8.64. The Balaban J connectivity index is 0.000000160. The van der Waals surface area contributed by atoms with Gasteiger partial charge in [0.15, 0.2) is 0 Å². The maximum atomic E-state index is 5.27. The van der Waals surface area contributed by atoms with Crippen LogP contribution in [0.25, 0.3) is 0 Å². The standard InChI is InChI=1S/C10H14N2.C6H7NS/c1-2-4-10(5-3-1)12-8-6-11-7-9-12;7-8-6-4-2-1-3-5-6/h1-5,11H,6-9H2;1-5H,7H2. The van der Waals surface area contributed by atoms with Gasteiger partial charge in [-0.15, -0.1) is 0 Å². The van der Waals surface area contributed by atoms with Gasteiger partial charge >= 0.3 is 0 Å². The Hall–Kier alpha value is -1.49. The first-order valence-corrected chi connectivity index (χ1v) is 7.70. The second-order valence-corrected chi connectivity index (χ2v) is 5.21. The Morgan fingerprint density at radius 1 is 0.850 bits per heavy atom. The molecule has 0 radical (unpaired) electrons. The number of nitrogens with one attached hydrogen (secondary N) is 1. The lowest BCUT2D eigenvalue weighted by atomic mass is 10.2. The SMILES string of the molecule is NSc1ccccc1.c1ccc(N2CCNCC2)cc1. The summed E-state index contributed by atoms with van der Waals surface area (Å²) >= 11 is 1.27. The summed E-state index contributed by atoms with van der Waals surface area (Å²) in [5, 5.41) is 8.61. The minimum absolute atomic E-state index is 1.10. The van der Waals surface area contributed by atoms with Crippen LogP contribution in [0.4, 0.5) is 5.69 Å². The lowest BCUT2D eigenvalue weighted by Gasteiger charge is -2.29. The average Bonchev–Trinajstić information content (AvgIpc) is 2.58. The molecule has 3 rings (SSSR count). The fourth-order valence-electron chi connectivity index (χ4n) is 2.06. The van der Waals surface area contributed by atoms with Crippen LogP contribution in [0.5, 0.6) is 0 Å². The van der Waals surface area contributed by atoms with Gasteiger partial charge in [0.1, 0.15) is 0 Å². The molecule has 20 heavy (non-hydrogen) atoms. The van der Waals surface area contributed by atoms with Crippen molar-refractivity contribution in [2.45, 2.75) is 4.90 Å². The second-order valence-electron chi connectivity index (χ2n) is 4.50. The molecule has 1 heterocycles. The molecule has 0 unspecified atom stereocenters.